The Morgan fingerprint density at radius 1 is 1.38 bits per heavy atom. The van der Waals surface area contributed by atoms with Crippen LogP contribution in [0, 0.1) is 11.3 Å². The lowest BCUT2D eigenvalue weighted by Gasteiger charge is -2.16. The van der Waals surface area contributed by atoms with Crippen LogP contribution in [0.15, 0.2) is 24.3 Å². The van der Waals surface area contributed by atoms with E-state index in [-0.39, 0.29) is 35.2 Å². The van der Waals surface area contributed by atoms with Gasteiger partial charge in [-0.25, -0.2) is 0 Å². The number of nitrogen functional groups attached to an aromatic ring is 1. The second kappa shape index (κ2) is 8.75. The van der Waals surface area contributed by atoms with Crippen molar-refractivity contribution in [3.8, 4) is 0 Å². The minimum atomic E-state index is -0.808. The van der Waals surface area contributed by atoms with Gasteiger partial charge in [0.1, 0.15) is 12.0 Å². The van der Waals surface area contributed by atoms with E-state index < -0.39 is 24.4 Å². The van der Waals surface area contributed by atoms with Crippen LogP contribution in [0.3, 0.4) is 0 Å². The number of nitrogens with two attached hydrogens (primary N) is 1. The molecule has 1 fully saturated rings. The summed E-state index contributed by atoms with van der Waals surface area (Å²) in [7, 11) is 0. The molecular formula is C17H21N5O4. The smallest absolute Gasteiger partial charge is 0.270 e. The van der Waals surface area contributed by atoms with Gasteiger partial charge in [0.15, 0.2) is 0 Å². The summed E-state index contributed by atoms with van der Waals surface area (Å²) in [6, 6.07) is 5.62. The zero-order valence-corrected chi connectivity index (χ0v) is 14.1. The van der Waals surface area contributed by atoms with E-state index in [1.807, 2.05) is 0 Å². The molecular weight excluding hydrogens is 338 g/mol. The van der Waals surface area contributed by atoms with Gasteiger partial charge in [-0.15, -0.1) is 0 Å². The van der Waals surface area contributed by atoms with Crippen molar-refractivity contribution < 1.29 is 19.2 Å². The van der Waals surface area contributed by atoms with Crippen LogP contribution in [0.25, 0.3) is 0 Å². The van der Waals surface area contributed by atoms with Crippen LogP contribution in [0.5, 0.6) is 0 Å². The molecule has 1 aromatic rings. The van der Waals surface area contributed by atoms with Gasteiger partial charge in [0.2, 0.25) is 11.8 Å². The van der Waals surface area contributed by atoms with E-state index in [9.17, 15) is 19.2 Å². The van der Waals surface area contributed by atoms with Gasteiger partial charge in [-0.1, -0.05) is 18.2 Å². The fraction of sp³-hybridized carbons (Fsp3) is 0.353. The van der Waals surface area contributed by atoms with E-state index in [0.717, 1.165) is 0 Å². The SMILES string of the molecule is N=C(C(=O)NCC(=O)NC(C=O)CC1CCNC1=O)c1ccccc1N. The van der Waals surface area contributed by atoms with Gasteiger partial charge >= 0.3 is 0 Å². The zero-order valence-electron chi connectivity index (χ0n) is 14.1. The molecule has 9 nitrogen and oxygen atoms in total. The molecule has 2 atom stereocenters. The summed E-state index contributed by atoms with van der Waals surface area (Å²) >= 11 is 0. The molecule has 0 spiro atoms. The first kappa shape index (κ1) is 19.1. The number of carbonyl (C=O) groups is 4. The third-order valence-corrected chi connectivity index (χ3v) is 4.08. The lowest BCUT2D eigenvalue weighted by molar-refractivity contribution is -0.126. The Bertz CT molecular complexity index is 734. The lowest BCUT2D eigenvalue weighted by atomic mass is 9.99. The molecule has 0 radical (unpaired) electrons. The summed E-state index contributed by atoms with van der Waals surface area (Å²) in [6.07, 6.45) is 1.40. The van der Waals surface area contributed by atoms with Crippen LogP contribution >= 0.6 is 0 Å². The van der Waals surface area contributed by atoms with Crippen molar-refractivity contribution in [1.29, 1.82) is 5.41 Å². The molecule has 0 aromatic heterocycles. The Balaban J connectivity index is 1.82. The van der Waals surface area contributed by atoms with E-state index in [2.05, 4.69) is 16.0 Å². The molecule has 9 heteroatoms. The molecule has 3 amide bonds. The van der Waals surface area contributed by atoms with Crippen LogP contribution in [-0.2, 0) is 19.2 Å². The standard InChI is InChI=1S/C17H21N5O4/c18-13-4-2-1-3-12(13)15(19)17(26)21-8-14(24)22-11(9-23)7-10-5-6-20-16(10)25/h1-4,9-11,19H,5-8,18H2,(H,20,25)(H,21,26)(H,22,24). The molecule has 138 valence electrons. The van der Waals surface area contributed by atoms with Crippen LogP contribution in [0.1, 0.15) is 18.4 Å². The number of benzene rings is 1. The van der Waals surface area contributed by atoms with Crippen molar-refractivity contribution >= 4 is 35.4 Å². The predicted octanol–water partition coefficient (Wildman–Crippen LogP) is -1.04. The molecule has 26 heavy (non-hydrogen) atoms. The Hall–Kier alpha value is -3.23. The number of anilines is 1. The maximum absolute atomic E-state index is 12.0. The van der Waals surface area contributed by atoms with Gasteiger partial charge in [0.25, 0.3) is 5.91 Å². The number of nitrogens with one attached hydrogen (secondary N) is 4. The average Bonchev–Trinajstić information content (AvgIpc) is 3.03. The summed E-state index contributed by atoms with van der Waals surface area (Å²) < 4.78 is 0. The highest BCUT2D eigenvalue weighted by Crippen LogP contribution is 2.15. The minimum absolute atomic E-state index is 0.131. The van der Waals surface area contributed by atoms with E-state index in [1.54, 1.807) is 18.2 Å². The number of para-hydroxylation sites is 1. The van der Waals surface area contributed by atoms with Crippen LogP contribution in [0.4, 0.5) is 5.69 Å². The quantitative estimate of drug-likeness (QED) is 0.228. The Labute approximate surface area is 150 Å². The third kappa shape index (κ3) is 4.88. The molecule has 0 bridgehead atoms. The van der Waals surface area contributed by atoms with Crippen molar-refractivity contribution in [2.45, 2.75) is 18.9 Å². The molecule has 6 N–H and O–H groups in total. The first-order chi connectivity index (χ1) is 12.4. The summed E-state index contributed by atoms with van der Waals surface area (Å²) in [4.78, 5) is 46.6. The summed E-state index contributed by atoms with van der Waals surface area (Å²) in [5.41, 5.74) is 5.91. The van der Waals surface area contributed by atoms with E-state index >= 15 is 0 Å². The monoisotopic (exact) mass is 359 g/mol. The highest BCUT2D eigenvalue weighted by molar-refractivity contribution is 6.45. The third-order valence-electron chi connectivity index (χ3n) is 4.08. The van der Waals surface area contributed by atoms with Crippen molar-refractivity contribution in [1.82, 2.24) is 16.0 Å². The van der Waals surface area contributed by atoms with Crippen LogP contribution in [0.2, 0.25) is 0 Å². The molecule has 1 aromatic carbocycles. The van der Waals surface area contributed by atoms with Gasteiger partial charge in [-0.05, 0) is 18.9 Å². The summed E-state index contributed by atoms with van der Waals surface area (Å²) in [5.74, 6) is -1.78. The van der Waals surface area contributed by atoms with E-state index in [0.29, 0.717) is 19.3 Å². The average molecular weight is 359 g/mol. The van der Waals surface area contributed by atoms with Gasteiger partial charge in [-0.2, -0.15) is 0 Å². The van der Waals surface area contributed by atoms with Gasteiger partial charge in [0, 0.05) is 23.7 Å². The highest BCUT2D eigenvalue weighted by Gasteiger charge is 2.27. The molecule has 2 unspecified atom stereocenters. The minimum Gasteiger partial charge on any atom is -0.398 e. The maximum atomic E-state index is 12.0. The number of carbonyl (C=O) groups excluding carboxylic acids is 4. The summed E-state index contributed by atoms with van der Waals surface area (Å²) in [6.45, 7) is 0.166. The van der Waals surface area contributed by atoms with Crippen molar-refractivity contribution in [2.24, 2.45) is 5.92 Å². The van der Waals surface area contributed by atoms with Gasteiger partial charge in [0.05, 0.1) is 12.6 Å². The molecule has 1 aliphatic rings. The normalized spacial score (nSPS) is 17.1. The number of amides is 3. The lowest BCUT2D eigenvalue weighted by Crippen LogP contribution is -2.45. The van der Waals surface area contributed by atoms with E-state index in [4.69, 9.17) is 11.1 Å². The van der Waals surface area contributed by atoms with Gasteiger partial charge < -0.3 is 26.5 Å². The number of hydrogen-bond acceptors (Lipinski definition) is 6. The first-order valence-electron chi connectivity index (χ1n) is 8.16. The van der Waals surface area contributed by atoms with Crippen LogP contribution in [-0.4, -0.2) is 48.9 Å². The Morgan fingerprint density at radius 3 is 2.73 bits per heavy atom. The second-order valence-electron chi connectivity index (χ2n) is 5.97. The molecule has 1 aliphatic heterocycles. The van der Waals surface area contributed by atoms with Gasteiger partial charge in [-0.3, -0.25) is 19.8 Å². The van der Waals surface area contributed by atoms with Crippen molar-refractivity contribution in [2.75, 3.05) is 18.8 Å². The van der Waals surface area contributed by atoms with Crippen LogP contribution < -0.4 is 21.7 Å². The fourth-order valence-corrected chi connectivity index (χ4v) is 2.68. The molecule has 1 heterocycles. The molecule has 2 rings (SSSR count). The zero-order chi connectivity index (χ0) is 19.1. The van der Waals surface area contributed by atoms with Crippen molar-refractivity contribution in [3.63, 3.8) is 0 Å². The highest BCUT2D eigenvalue weighted by atomic mass is 16.2. The maximum Gasteiger partial charge on any atom is 0.270 e. The Kier molecular flexibility index (Phi) is 6.42. The molecule has 0 saturated carbocycles. The van der Waals surface area contributed by atoms with E-state index in [1.165, 1.54) is 6.07 Å². The topological polar surface area (TPSA) is 154 Å². The Morgan fingerprint density at radius 2 is 2.12 bits per heavy atom. The summed E-state index contributed by atoms with van der Waals surface area (Å²) in [5, 5.41) is 15.3. The fourth-order valence-electron chi connectivity index (χ4n) is 2.68. The number of hydrogen-bond donors (Lipinski definition) is 5. The largest absolute Gasteiger partial charge is 0.398 e. The predicted molar refractivity (Wildman–Crippen MR) is 94.4 cm³/mol. The molecule has 1 saturated heterocycles. The number of rotatable bonds is 8. The van der Waals surface area contributed by atoms with Crippen molar-refractivity contribution in [3.05, 3.63) is 29.8 Å². The second-order valence-corrected chi connectivity index (χ2v) is 5.97. The first-order valence-corrected chi connectivity index (χ1v) is 8.16. The number of aldehydes is 1. The molecule has 0 aliphatic carbocycles.